The van der Waals surface area contributed by atoms with Crippen LogP contribution >= 0.6 is 0 Å². The van der Waals surface area contributed by atoms with Gasteiger partial charge in [0.05, 0.1) is 6.10 Å². The highest BCUT2D eigenvalue weighted by atomic mass is 16.5. The van der Waals surface area contributed by atoms with E-state index in [9.17, 15) is 4.79 Å². The smallest absolute Gasteiger partial charge is 0.226 e. The van der Waals surface area contributed by atoms with Crippen LogP contribution in [0.15, 0.2) is 0 Å². The van der Waals surface area contributed by atoms with Crippen LogP contribution < -0.4 is 5.73 Å². The number of ether oxygens (including phenoxy) is 1. The van der Waals surface area contributed by atoms with Crippen molar-refractivity contribution in [3.8, 4) is 0 Å². The minimum atomic E-state index is 0.176. The molecule has 0 aromatic carbocycles. The van der Waals surface area contributed by atoms with E-state index in [1.165, 1.54) is 0 Å². The first-order chi connectivity index (χ1) is 9.26. The van der Waals surface area contributed by atoms with Crippen molar-refractivity contribution in [1.29, 1.82) is 0 Å². The van der Waals surface area contributed by atoms with Gasteiger partial charge in [-0.05, 0) is 44.6 Å². The number of carbonyl (C=O) groups is 1. The molecule has 2 N–H and O–H groups in total. The first-order valence-corrected chi connectivity index (χ1v) is 7.86. The van der Waals surface area contributed by atoms with Crippen LogP contribution in [-0.2, 0) is 9.53 Å². The SMILES string of the molecule is CCCOC1CCCN(C(=O)C2CCCC2CN)C1. The van der Waals surface area contributed by atoms with E-state index in [4.69, 9.17) is 10.5 Å². The van der Waals surface area contributed by atoms with E-state index in [1.807, 2.05) is 4.90 Å². The van der Waals surface area contributed by atoms with Gasteiger partial charge in [-0.3, -0.25) is 4.79 Å². The highest BCUT2D eigenvalue weighted by Crippen LogP contribution is 2.33. The second-order valence-electron chi connectivity index (χ2n) is 5.95. The lowest BCUT2D eigenvalue weighted by atomic mass is 9.93. The zero-order chi connectivity index (χ0) is 13.7. The Morgan fingerprint density at radius 2 is 2.16 bits per heavy atom. The molecule has 2 rings (SSSR count). The Labute approximate surface area is 116 Å². The first kappa shape index (κ1) is 14.8. The molecule has 0 radical (unpaired) electrons. The van der Waals surface area contributed by atoms with Gasteiger partial charge in [-0.15, -0.1) is 0 Å². The molecule has 3 atom stereocenters. The van der Waals surface area contributed by atoms with Crippen LogP contribution in [0.3, 0.4) is 0 Å². The van der Waals surface area contributed by atoms with Gasteiger partial charge in [-0.2, -0.15) is 0 Å². The third-order valence-corrected chi connectivity index (χ3v) is 4.53. The Kier molecular flexibility index (Phi) is 5.64. The number of piperidine rings is 1. The molecule has 0 aromatic rings. The highest BCUT2D eigenvalue weighted by Gasteiger charge is 2.36. The molecule has 4 heteroatoms. The largest absolute Gasteiger partial charge is 0.376 e. The van der Waals surface area contributed by atoms with Gasteiger partial charge in [0.2, 0.25) is 5.91 Å². The molecule has 1 heterocycles. The normalized spacial score (nSPS) is 31.7. The van der Waals surface area contributed by atoms with Gasteiger partial charge in [0.15, 0.2) is 0 Å². The summed E-state index contributed by atoms with van der Waals surface area (Å²) in [5, 5.41) is 0. The lowest BCUT2D eigenvalue weighted by molar-refractivity contribution is -0.140. The Morgan fingerprint density at radius 1 is 1.32 bits per heavy atom. The Hall–Kier alpha value is -0.610. The third-order valence-electron chi connectivity index (χ3n) is 4.53. The minimum Gasteiger partial charge on any atom is -0.376 e. The predicted octanol–water partition coefficient (Wildman–Crippen LogP) is 1.78. The van der Waals surface area contributed by atoms with E-state index < -0.39 is 0 Å². The van der Waals surface area contributed by atoms with Crippen LogP contribution in [0.2, 0.25) is 0 Å². The second-order valence-corrected chi connectivity index (χ2v) is 5.95. The fourth-order valence-corrected chi connectivity index (χ4v) is 3.44. The molecule has 0 spiro atoms. The van der Waals surface area contributed by atoms with Crippen LogP contribution in [0.5, 0.6) is 0 Å². The number of hydrogen-bond acceptors (Lipinski definition) is 3. The van der Waals surface area contributed by atoms with Crippen molar-refractivity contribution in [1.82, 2.24) is 4.90 Å². The van der Waals surface area contributed by atoms with Gasteiger partial charge in [0.25, 0.3) is 0 Å². The van der Waals surface area contributed by atoms with Crippen molar-refractivity contribution < 1.29 is 9.53 Å². The van der Waals surface area contributed by atoms with Crippen molar-refractivity contribution in [2.24, 2.45) is 17.6 Å². The van der Waals surface area contributed by atoms with Crippen LogP contribution in [0, 0.1) is 11.8 Å². The molecule has 1 amide bonds. The Balaban J connectivity index is 1.87. The molecule has 0 bridgehead atoms. The van der Waals surface area contributed by atoms with Crippen LogP contribution in [0.25, 0.3) is 0 Å². The monoisotopic (exact) mass is 268 g/mol. The summed E-state index contributed by atoms with van der Waals surface area (Å²) in [5.74, 6) is 0.914. The number of rotatable bonds is 5. The molecule has 2 fully saturated rings. The maximum atomic E-state index is 12.6. The molecule has 1 saturated carbocycles. The van der Waals surface area contributed by atoms with Crippen LogP contribution in [0.1, 0.15) is 45.4 Å². The highest BCUT2D eigenvalue weighted by molar-refractivity contribution is 5.79. The Bertz CT molecular complexity index is 296. The molecular weight excluding hydrogens is 240 g/mol. The van der Waals surface area contributed by atoms with Crippen molar-refractivity contribution in [2.45, 2.75) is 51.6 Å². The van der Waals surface area contributed by atoms with E-state index in [2.05, 4.69) is 6.92 Å². The van der Waals surface area contributed by atoms with Crippen molar-refractivity contribution in [2.75, 3.05) is 26.2 Å². The van der Waals surface area contributed by atoms with Crippen LogP contribution in [0.4, 0.5) is 0 Å². The number of nitrogens with two attached hydrogens (primary N) is 1. The van der Waals surface area contributed by atoms with Crippen LogP contribution in [-0.4, -0.2) is 43.2 Å². The maximum absolute atomic E-state index is 12.6. The van der Waals surface area contributed by atoms with E-state index in [1.54, 1.807) is 0 Å². The van der Waals surface area contributed by atoms with Gasteiger partial charge in [0, 0.05) is 25.6 Å². The standard InChI is InChI=1S/C15H28N2O2/c1-2-9-19-13-6-4-8-17(11-13)15(18)14-7-3-5-12(14)10-16/h12-14H,2-11,16H2,1H3. The molecule has 19 heavy (non-hydrogen) atoms. The van der Waals surface area contributed by atoms with Gasteiger partial charge < -0.3 is 15.4 Å². The molecular formula is C15H28N2O2. The van der Waals surface area contributed by atoms with E-state index in [0.717, 1.165) is 58.2 Å². The first-order valence-electron chi connectivity index (χ1n) is 7.86. The van der Waals surface area contributed by atoms with Gasteiger partial charge in [0.1, 0.15) is 0 Å². The van der Waals surface area contributed by atoms with E-state index in [-0.39, 0.29) is 12.0 Å². The van der Waals surface area contributed by atoms with Crippen molar-refractivity contribution in [3.05, 3.63) is 0 Å². The average molecular weight is 268 g/mol. The number of nitrogens with zero attached hydrogens (tertiary/aromatic N) is 1. The number of likely N-dealkylation sites (tertiary alicyclic amines) is 1. The van der Waals surface area contributed by atoms with Gasteiger partial charge in [-0.1, -0.05) is 13.3 Å². The number of carbonyl (C=O) groups excluding carboxylic acids is 1. The number of amides is 1. The van der Waals surface area contributed by atoms with Crippen molar-refractivity contribution in [3.63, 3.8) is 0 Å². The fraction of sp³-hybridized carbons (Fsp3) is 0.933. The second kappa shape index (κ2) is 7.25. The van der Waals surface area contributed by atoms with E-state index >= 15 is 0 Å². The quantitative estimate of drug-likeness (QED) is 0.827. The Morgan fingerprint density at radius 3 is 2.89 bits per heavy atom. The molecule has 4 nitrogen and oxygen atoms in total. The minimum absolute atomic E-state index is 0.176. The predicted molar refractivity (Wildman–Crippen MR) is 75.7 cm³/mol. The summed E-state index contributed by atoms with van der Waals surface area (Å²) in [5.41, 5.74) is 5.79. The van der Waals surface area contributed by atoms with E-state index in [0.29, 0.717) is 18.4 Å². The van der Waals surface area contributed by atoms with Crippen molar-refractivity contribution >= 4 is 5.91 Å². The molecule has 110 valence electrons. The molecule has 2 aliphatic rings. The summed E-state index contributed by atoms with van der Waals surface area (Å²) >= 11 is 0. The molecule has 0 aromatic heterocycles. The zero-order valence-electron chi connectivity index (χ0n) is 12.1. The summed E-state index contributed by atoms with van der Waals surface area (Å²) in [6.07, 6.45) is 6.75. The topological polar surface area (TPSA) is 55.6 Å². The maximum Gasteiger partial charge on any atom is 0.226 e. The lowest BCUT2D eigenvalue weighted by Crippen LogP contribution is -2.47. The summed E-state index contributed by atoms with van der Waals surface area (Å²) in [6, 6.07) is 0. The summed E-state index contributed by atoms with van der Waals surface area (Å²) in [6.45, 7) is 5.27. The lowest BCUT2D eigenvalue weighted by Gasteiger charge is -2.35. The fourth-order valence-electron chi connectivity index (χ4n) is 3.44. The molecule has 3 unspecified atom stereocenters. The van der Waals surface area contributed by atoms with Gasteiger partial charge >= 0.3 is 0 Å². The molecule has 1 aliphatic carbocycles. The van der Waals surface area contributed by atoms with Gasteiger partial charge in [-0.25, -0.2) is 0 Å². The number of hydrogen-bond donors (Lipinski definition) is 1. The molecule has 1 aliphatic heterocycles. The summed E-state index contributed by atoms with van der Waals surface area (Å²) in [7, 11) is 0. The zero-order valence-corrected chi connectivity index (χ0v) is 12.1. The average Bonchev–Trinajstić information content (AvgIpc) is 2.93. The third kappa shape index (κ3) is 3.69. The summed E-state index contributed by atoms with van der Waals surface area (Å²) in [4.78, 5) is 14.6. The summed E-state index contributed by atoms with van der Waals surface area (Å²) < 4.78 is 5.81. The molecule has 1 saturated heterocycles.